The van der Waals surface area contributed by atoms with Crippen LogP contribution in [0.4, 0.5) is 31.5 Å². The Labute approximate surface area is 163 Å². The van der Waals surface area contributed by atoms with Crippen LogP contribution in [0.15, 0.2) is 59.1 Å². The summed E-state index contributed by atoms with van der Waals surface area (Å²) in [6.07, 6.45) is 0. The zero-order valence-corrected chi connectivity index (χ0v) is 15.9. The maximum absolute atomic E-state index is 13.6. The minimum atomic E-state index is -0.941. The highest BCUT2D eigenvalue weighted by atomic mass is 79.9. The number of nitrogens with one attached hydrogen (secondary N) is 2. The largest absolute Gasteiger partial charge is 0.397 e. The predicted octanol–water partition coefficient (Wildman–Crippen LogP) is 5.68. The molecule has 0 atom stereocenters. The van der Waals surface area contributed by atoms with E-state index in [0.717, 1.165) is 16.6 Å². The minimum absolute atomic E-state index is 0.244. The Hall–Kier alpha value is -2.93. The zero-order valence-electron chi connectivity index (χ0n) is 14.3. The molecule has 4 N–H and O–H groups in total. The summed E-state index contributed by atoms with van der Waals surface area (Å²) in [6, 6.07) is 14.2. The van der Waals surface area contributed by atoms with Crippen LogP contribution in [0.25, 0.3) is 11.1 Å². The van der Waals surface area contributed by atoms with Gasteiger partial charge in [0, 0.05) is 22.8 Å². The van der Waals surface area contributed by atoms with Crippen molar-refractivity contribution in [3.63, 3.8) is 0 Å². The Morgan fingerprint density at radius 2 is 1.67 bits per heavy atom. The SMILES string of the molecule is CC(=O)Nc1cc(Nc2ccc(Br)cc2N)cc(-c2ccc(F)c(F)c2)c1. The molecule has 27 heavy (non-hydrogen) atoms. The van der Waals surface area contributed by atoms with E-state index in [9.17, 15) is 13.6 Å². The summed E-state index contributed by atoms with van der Waals surface area (Å²) in [6.45, 7) is 1.39. The van der Waals surface area contributed by atoms with Gasteiger partial charge >= 0.3 is 0 Å². The molecule has 0 radical (unpaired) electrons. The lowest BCUT2D eigenvalue weighted by atomic mass is 10.0. The van der Waals surface area contributed by atoms with Gasteiger partial charge in [0.1, 0.15) is 0 Å². The van der Waals surface area contributed by atoms with Crippen molar-refractivity contribution >= 4 is 44.6 Å². The van der Waals surface area contributed by atoms with Gasteiger partial charge in [-0.25, -0.2) is 8.78 Å². The molecule has 138 valence electrons. The molecule has 0 unspecified atom stereocenters. The predicted molar refractivity (Wildman–Crippen MR) is 108 cm³/mol. The second kappa shape index (κ2) is 7.75. The molecule has 0 aliphatic heterocycles. The van der Waals surface area contributed by atoms with E-state index in [0.29, 0.717) is 33.9 Å². The van der Waals surface area contributed by atoms with Crippen LogP contribution in [-0.4, -0.2) is 5.91 Å². The van der Waals surface area contributed by atoms with Gasteiger partial charge in [0.15, 0.2) is 11.6 Å². The molecule has 0 heterocycles. The summed E-state index contributed by atoms with van der Waals surface area (Å²) in [5.74, 6) is -2.10. The normalized spacial score (nSPS) is 10.5. The van der Waals surface area contributed by atoms with Gasteiger partial charge in [0.05, 0.1) is 11.4 Å². The molecular weight excluding hydrogens is 416 g/mol. The number of carbonyl (C=O) groups is 1. The molecule has 0 fully saturated rings. The van der Waals surface area contributed by atoms with Crippen molar-refractivity contribution in [2.75, 3.05) is 16.4 Å². The van der Waals surface area contributed by atoms with E-state index in [1.54, 1.807) is 24.3 Å². The number of carbonyl (C=O) groups excluding carboxylic acids is 1. The van der Waals surface area contributed by atoms with Gasteiger partial charge < -0.3 is 16.4 Å². The smallest absolute Gasteiger partial charge is 0.221 e. The average Bonchev–Trinajstić information content (AvgIpc) is 2.59. The second-order valence-corrected chi connectivity index (χ2v) is 6.88. The van der Waals surface area contributed by atoms with Gasteiger partial charge in [-0.2, -0.15) is 0 Å². The lowest BCUT2D eigenvalue weighted by molar-refractivity contribution is -0.114. The molecule has 0 aliphatic carbocycles. The molecule has 0 aromatic heterocycles. The number of nitrogen functional groups attached to an aromatic ring is 1. The number of hydrogen-bond acceptors (Lipinski definition) is 3. The average molecular weight is 432 g/mol. The Morgan fingerprint density at radius 1 is 0.926 bits per heavy atom. The Bertz CT molecular complexity index is 1020. The van der Waals surface area contributed by atoms with Gasteiger partial charge in [-0.3, -0.25) is 4.79 Å². The number of rotatable bonds is 4. The van der Waals surface area contributed by atoms with E-state index < -0.39 is 11.6 Å². The van der Waals surface area contributed by atoms with Gasteiger partial charge in [-0.15, -0.1) is 0 Å². The first-order chi connectivity index (χ1) is 12.8. The molecule has 4 nitrogen and oxygen atoms in total. The van der Waals surface area contributed by atoms with Crippen LogP contribution in [0.2, 0.25) is 0 Å². The van der Waals surface area contributed by atoms with E-state index in [1.807, 2.05) is 12.1 Å². The van der Waals surface area contributed by atoms with Crippen molar-refractivity contribution in [3.8, 4) is 11.1 Å². The fourth-order valence-electron chi connectivity index (χ4n) is 2.62. The summed E-state index contributed by atoms with van der Waals surface area (Å²) in [4.78, 5) is 11.5. The third kappa shape index (κ3) is 4.62. The molecule has 0 bridgehead atoms. The third-order valence-corrected chi connectivity index (χ3v) is 4.29. The highest BCUT2D eigenvalue weighted by molar-refractivity contribution is 9.10. The molecule has 1 amide bonds. The number of amides is 1. The summed E-state index contributed by atoms with van der Waals surface area (Å²) in [5, 5.41) is 5.89. The van der Waals surface area contributed by atoms with Crippen molar-refractivity contribution in [1.29, 1.82) is 0 Å². The molecule has 3 aromatic rings. The summed E-state index contributed by atoms with van der Waals surface area (Å²) in [7, 11) is 0. The summed E-state index contributed by atoms with van der Waals surface area (Å²) in [5.41, 5.74) is 9.47. The van der Waals surface area contributed by atoms with Crippen LogP contribution in [-0.2, 0) is 4.79 Å². The van der Waals surface area contributed by atoms with Crippen LogP contribution in [0, 0.1) is 11.6 Å². The van der Waals surface area contributed by atoms with Crippen molar-refractivity contribution in [2.24, 2.45) is 0 Å². The number of benzene rings is 3. The maximum atomic E-state index is 13.6. The van der Waals surface area contributed by atoms with E-state index in [2.05, 4.69) is 26.6 Å². The van der Waals surface area contributed by atoms with E-state index in [-0.39, 0.29) is 5.91 Å². The molecule has 0 saturated heterocycles. The van der Waals surface area contributed by atoms with E-state index >= 15 is 0 Å². The topological polar surface area (TPSA) is 67.2 Å². The van der Waals surface area contributed by atoms with Gasteiger partial charge in [0.2, 0.25) is 5.91 Å². The highest BCUT2D eigenvalue weighted by Gasteiger charge is 2.09. The molecule has 7 heteroatoms. The second-order valence-electron chi connectivity index (χ2n) is 5.97. The van der Waals surface area contributed by atoms with Crippen molar-refractivity contribution in [1.82, 2.24) is 0 Å². The summed E-state index contributed by atoms with van der Waals surface area (Å²) >= 11 is 3.35. The first-order valence-electron chi connectivity index (χ1n) is 8.02. The Balaban J connectivity index is 2.04. The van der Waals surface area contributed by atoms with Crippen molar-refractivity contribution in [2.45, 2.75) is 6.92 Å². The zero-order chi connectivity index (χ0) is 19.6. The Kier molecular flexibility index (Phi) is 5.41. The molecule has 3 aromatic carbocycles. The van der Waals surface area contributed by atoms with Crippen LogP contribution in [0.3, 0.4) is 0 Å². The number of halogens is 3. The lowest BCUT2D eigenvalue weighted by Gasteiger charge is -2.14. The van der Waals surface area contributed by atoms with E-state index in [4.69, 9.17) is 5.73 Å². The monoisotopic (exact) mass is 431 g/mol. The highest BCUT2D eigenvalue weighted by Crippen LogP contribution is 2.32. The lowest BCUT2D eigenvalue weighted by Crippen LogP contribution is -2.06. The third-order valence-electron chi connectivity index (χ3n) is 3.80. The number of hydrogen-bond donors (Lipinski definition) is 3. The minimum Gasteiger partial charge on any atom is -0.397 e. The van der Waals surface area contributed by atoms with Crippen molar-refractivity contribution in [3.05, 3.63) is 70.7 Å². The van der Waals surface area contributed by atoms with Gasteiger partial charge in [-0.1, -0.05) is 22.0 Å². The molecular formula is C20H16BrF2N3O. The fourth-order valence-corrected chi connectivity index (χ4v) is 3.00. The van der Waals surface area contributed by atoms with Crippen LogP contribution in [0.1, 0.15) is 6.92 Å². The molecule has 0 aliphatic rings. The quantitative estimate of drug-likeness (QED) is 0.465. The van der Waals surface area contributed by atoms with Crippen molar-refractivity contribution < 1.29 is 13.6 Å². The molecule has 0 saturated carbocycles. The number of anilines is 4. The molecule has 0 spiro atoms. The standard InChI is InChI=1S/C20H16BrF2N3O/c1-11(27)25-15-6-13(12-2-4-17(22)18(23)8-12)7-16(10-15)26-20-5-3-14(21)9-19(20)24/h2-10,26H,24H2,1H3,(H,25,27). The number of nitrogens with two attached hydrogens (primary N) is 1. The first-order valence-corrected chi connectivity index (χ1v) is 8.81. The van der Waals surface area contributed by atoms with Crippen LogP contribution < -0.4 is 16.4 Å². The van der Waals surface area contributed by atoms with Gasteiger partial charge in [0.25, 0.3) is 0 Å². The Morgan fingerprint density at radius 3 is 2.33 bits per heavy atom. The fraction of sp³-hybridized carbons (Fsp3) is 0.0500. The van der Waals surface area contributed by atoms with E-state index in [1.165, 1.54) is 13.0 Å². The summed E-state index contributed by atoms with van der Waals surface area (Å²) < 4.78 is 27.7. The van der Waals surface area contributed by atoms with Crippen LogP contribution >= 0.6 is 15.9 Å². The molecule has 3 rings (SSSR count). The first kappa shape index (κ1) is 18.8. The van der Waals surface area contributed by atoms with Crippen LogP contribution in [0.5, 0.6) is 0 Å². The van der Waals surface area contributed by atoms with Gasteiger partial charge in [-0.05, 0) is 59.7 Å². The maximum Gasteiger partial charge on any atom is 0.221 e.